The van der Waals surface area contributed by atoms with Crippen LogP contribution in [0, 0.1) is 25.2 Å². The Morgan fingerprint density at radius 2 is 1.80 bits per heavy atom. The highest BCUT2D eigenvalue weighted by Crippen LogP contribution is 2.45. The third kappa shape index (κ3) is 8.10. The van der Waals surface area contributed by atoms with Crippen LogP contribution in [0.15, 0.2) is 30.6 Å². The zero-order valence-electron chi connectivity index (χ0n) is 28.3. The highest BCUT2D eigenvalue weighted by molar-refractivity contribution is 7.90. The van der Waals surface area contributed by atoms with Crippen molar-refractivity contribution >= 4 is 10.0 Å². The van der Waals surface area contributed by atoms with Crippen LogP contribution in [-0.4, -0.2) is 66.4 Å². The van der Waals surface area contributed by atoms with Crippen LogP contribution in [0.4, 0.5) is 0 Å². The van der Waals surface area contributed by atoms with Crippen molar-refractivity contribution < 1.29 is 17.9 Å². The molecule has 11 heteroatoms. The number of fused-ring (bicyclic) bond motifs is 4. The van der Waals surface area contributed by atoms with Gasteiger partial charge in [0.2, 0.25) is 10.0 Å². The summed E-state index contributed by atoms with van der Waals surface area (Å²) in [6.07, 6.45) is 11.4. The molecule has 3 heterocycles. The standard InChI is InChI=1S/C35H54N6O4S/c1-23(2)45-28-18-36-31(37-19-28)21-41-20-26-11-7-12-29(15-26)46(42,43)40-34-38-30(33-24(3)9-6-10-25(33)4)16-32(39-34)44-22-27(41)17-35(5)13-8-14-35/h6,9-10,18-19,23,26-27,29-30,32,34,38-40H,7-8,11-17,20-22H2,1-5H3/t26?,27-,29?,30?,32?,34?/m1/s1. The van der Waals surface area contributed by atoms with E-state index < -0.39 is 21.6 Å². The van der Waals surface area contributed by atoms with E-state index in [0.29, 0.717) is 38.2 Å². The number of sulfonamides is 1. The minimum Gasteiger partial charge on any atom is -0.488 e. The second-order valence-electron chi connectivity index (χ2n) is 15.0. The number of rotatable bonds is 7. The monoisotopic (exact) mass is 654 g/mol. The molecule has 1 aromatic carbocycles. The van der Waals surface area contributed by atoms with Gasteiger partial charge in [0.15, 0.2) is 5.75 Å². The van der Waals surface area contributed by atoms with Crippen molar-refractivity contribution in [1.29, 1.82) is 0 Å². The van der Waals surface area contributed by atoms with Crippen molar-refractivity contribution in [2.45, 2.75) is 135 Å². The molecule has 4 fully saturated rings. The molecule has 1 aromatic heterocycles. The van der Waals surface area contributed by atoms with Crippen LogP contribution in [0.2, 0.25) is 0 Å². The van der Waals surface area contributed by atoms with Gasteiger partial charge >= 0.3 is 0 Å². The Morgan fingerprint density at radius 3 is 2.48 bits per heavy atom. The summed E-state index contributed by atoms with van der Waals surface area (Å²) < 4.78 is 43.4. The van der Waals surface area contributed by atoms with Crippen LogP contribution in [-0.2, 0) is 21.3 Å². The fraction of sp³-hybridized carbons (Fsp3) is 0.714. The maximum absolute atomic E-state index is 13.9. The van der Waals surface area contributed by atoms with E-state index >= 15 is 0 Å². The maximum atomic E-state index is 13.9. The third-order valence-electron chi connectivity index (χ3n) is 10.7. The average molecular weight is 655 g/mol. The summed E-state index contributed by atoms with van der Waals surface area (Å²) in [5.41, 5.74) is 3.88. The molecule has 6 atom stereocenters. The van der Waals surface area contributed by atoms with Crippen molar-refractivity contribution in [3.63, 3.8) is 0 Å². The first kappa shape index (κ1) is 33.7. The second kappa shape index (κ2) is 14.1. The van der Waals surface area contributed by atoms with E-state index in [9.17, 15) is 8.42 Å². The van der Waals surface area contributed by atoms with E-state index in [0.717, 1.165) is 31.6 Å². The molecule has 254 valence electrons. The molecule has 2 aliphatic heterocycles. The van der Waals surface area contributed by atoms with Gasteiger partial charge in [0.25, 0.3) is 0 Å². The summed E-state index contributed by atoms with van der Waals surface area (Å²) >= 11 is 0. The maximum Gasteiger partial charge on any atom is 0.216 e. The lowest BCUT2D eigenvalue weighted by molar-refractivity contribution is -0.0585. The molecule has 4 bridgehead atoms. The topological polar surface area (TPSA) is 118 Å². The highest BCUT2D eigenvalue weighted by Gasteiger charge is 2.41. The van der Waals surface area contributed by atoms with Crippen molar-refractivity contribution in [3.05, 3.63) is 53.1 Å². The lowest BCUT2D eigenvalue weighted by Gasteiger charge is -2.45. The van der Waals surface area contributed by atoms with Gasteiger partial charge in [-0.2, -0.15) is 4.72 Å². The number of nitrogens with one attached hydrogen (secondary N) is 3. The molecule has 10 nitrogen and oxygen atoms in total. The fourth-order valence-electron chi connectivity index (χ4n) is 8.19. The van der Waals surface area contributed by atoms with Crippen molar-refractivity contribution in [2.24, 2.45) is 11.3 Å². The number of hydrogen-bond donors (Lipinski definition) is 3. The Bertz CT molecular complexity index is 1410. The first-order chi connectivity index (χ1) is 22.0. The number of ether oxygens (including phenoxy) is 2. The summed E-state index contributed by atoms with van der Waals surface area (Å²) in [4.78, 5) is 11.9. The van der Waals surface area contributed by atoms with Gasteiger partial charge in [-0.15, -0.1) is 0 Å². The van der Waals surface area contributed by atoms with E-state index in [2.05, 4.69) is 59.2 Å². The summed E-state index contributed by atoms with van der Waals surface area (Å²) in [6, 6.07) is 6.43. The molecule has 46 heavy (non-hydrogen) atoms. The quantitative estimate of drug-likeness (QED) is 0.376. The Kier molecular flexibility index (Phi) is 10.4. The highest BCUT2D eigenvalue weighted by atomic mass is 32.2. The molecule has 2 aliphatic carbocycles. The SMILES string of the molecule is Cc1cccc(C)c1C1CC2NC(N1)NS(=O)(=O)C1CCCC(C1)CN(Cc1ncc(OC(C)C)cn1)[C@H](CC1(C)CCC1)CO2. The van der Waals surface area contributed by atoms with Crippen LogP contribution in [0.25, 0.3) is 0 Å². The number of aryl methyl sites for hydroxylation is 2. The average Bonchev–Trinajstić information content (AvgIpc) is 2.98. The van der Waals surface area contributed by atoms with Gasteiger partial charge in [-0.05, 0) is 94.2 Å². The molecule has 0 radical (unpaired) electrons. The Balaban J connectivity index is 1.32. The molecule has 2 aromatic rings. The van der Waals surface area contributed by atoms with Gasteiger partial charge in [-0.25, -0.2) is 18.4 Å². The molecule has 2 saturated carbocycles. The second-order valence-corrected chi connectivity index (χ2v) is 16.9. The molecule has 0 spiro atoms. The summed E-state index contributed by atoms with van der Waals surface area (Å²) in [7, 11) is -3.59. The van der Waals surface area contributed by atoms with E-state index in [1.165, 1.54) is 36.0 Å². The van der Waals surface area contributed by atoms with Gasteiger partial charge in [-0.1, -0.05) is 38.0 Å². The fourth-order valence-corrected chi connectivity index (χ4v) is 9.84. The lowest BCUT2D eigenvalue weighted by Crippen LogP contribution is -2.64. The van der Waals surface area contributed by atoms with Crippen LogP contribution < -0.4 is 20.1 Å². The molecule has 6 rings (SSSR count). The predicted octanol–water partition coefficient (Wildman–Crippen LogP) is 5.07. The normalized spacial score (nSPS) is 31.6. The molecular formula is C35H54N6O4S. The van der Waals surface area contributed by atoms with Gasteiger partial charge in [0.1, 0.15) is 18.3 Å². The number of nitrogens with zero attached hydrogens (tertiary/aromatic N) is 3. The van der Waals surface area contributed by atoms with Gasteiger partial charge < -0.3 is 9.47 Å². The van der Waals surface area contributed by atoms with Crippen LogP contribution >= 0.6 is 0 Å². The van der Waals surface area contributed by atoms with E-state index in [1.807, 2.05) is 13.8 Å². The number of hydrogen-bond acceptors (Lipinski definition) is 9. The van der Waals surface area contributed by atoms with Gasteiger partial charge in [-0.3, -0.25) is 15.5 Å². The van der Waals surface area contributed by atoms with Gasteiger partial charge in [0, 0.05) is 25.0 Å². The molecule has 0 amide bonds. The van der Waals surface area contributed by atoms with Crippen molar-refractivity contribution in [2.75, 3.05) is 13.2 Å². The van der Waals surface area contributed by atoms with E-state index in [1.54, 1.807) is 12.4 Å². The number of aromatic nitrogens is 2. The summed E-state index contributed by atoms with van der Waals surface area (Å²) in [5, 5.41) is 6.64. The summed E-state index contributed by atoms with van der Waals surface area (Å²) in [5.74, 6) is 1.68. The molecule has 4 aliphatic rings. The minimum absolute atomic E-state index is 0.0527. The summed E-state index contributed by atoms with van der Waals surface area (Å²) in [6.45, 7) is 12.6. The Hall–Kier alpha value is -2.15. The first-order valence-corrected chi connectivity index (χ1v) is 18.9. The molecule has 5 unspecified atom stereocenters. The largest absolute Gasteiger partial charge is 0.488 e. The van der Waals surface area contributed by atoms with Crippen molar-refractivity contribution in [3.8, 4) is 5.75 Å². The number of benzene rings is 1. The smallest absolute Gasteiger partial charge is 0.216 e. The Labute approximate surface area is 275 Å². The zero-order valence-corrected chi connectivity index (χ0v) is 29.1. The minimum atomic E-state index is -3.59. The first-order valence-electron chi connectivity index (χ1n) is 17.4. The zero-order chi connectivity index (χ0) is 32.5. The molecule has 2 saturated heterocycles. The molecule has 3 N–H and O–H groups in total. The van der Waals surface area contributed by atoms with Gasteiger partial charge in [0.05, 0.1) is 36.9 Å². The third-order valence-corrected chi connectivity index (χ3v) is 12.6. The van der Waals surface area contributed by atoms with Crippen LogP contribution in [0.3, 0.4) is 0 Å². The van der Waals surface area contributed by atoms with E-state index in [4.69, 9.17) is 19.4 Å². The van der Waals surface area contributed by atoms with Crippen LogP contribution in [0.1, 0.15) is 107 Å². The molecular weight excluding hydrogens is 600 g/mol. The Morgan fingerprint density at radius 1 is 1.07 bits per heavy atom. The predicted molar refractivity (Wildman–Crippen MR) is 179 cm³/mol. The van der Waals surface area contributed by atoms with E-state index in [-0.39, 0.29) is 35.7 Å². The van der Waals surface area contributed by atoms with Crippen LogP contribution in [0.5, 0.6) is 5.75 Å². The van der Waals surface area contributed by atoms with Crippen molar-refractivity contribution in [1.82, 2.24) is 30.2 Å². The lowest BCUT2D eigenvalue weighted by atomic mass is 9.66.